The summed E-state index contributed by atoms with van der Waals surface area (Å²) < 4.78 is 7.26. The molecule has 0 amide bonds. The highest BCUT2D eigenvalue weighted by molar-refractivity contribution is 5.86. The summed E-state index contributed by atoms with van der Waals surface area (Å²) in [5.41, 5.74) is 2.80. The zero-order valence-electron chi connectivity index (χ0n) is 11.8. The van der Waals surface area contributed by atoms with Crippen LogP contribution in [-0.2, 0) is 11.3 Å². The van der Waals surface area contributed by atoms with Gasteiger partial charge in [0, 0.05) is 6.61 Å². The predicted octanol–water partition coefficient (Wildman–Crippen LogP) is 2.18. The van der Waals surface area contributed by atoms with E-state index >= 15 is 0 Å². The molecule has 1 unspecified atom stereocenters. The maximum atomic E-state index is 11.3. The van der Waals surface area contributed by atoms with E-state index in [2.05, 4.69) is 10.3 Å². The summed E-state index contributed by atoms with van der Waals surface area (Å²) >= 11 is 0. The predicted molar refractivity (Wildman–Crippen MR) is 75.2 cm³/mol. The number of aryl methyl sites for hydroxylation is 1. The zero-order chi connectivity index (χ0) is 14.8. The number of nitrogens with zero attached hydrogens (tertiary/aromatic N) is 3. The van der Waals surface area contributed by atoms with Crippen LogP contribution in [0.4, 0.5) is 0 Å². The minimum absolute atomic E-state index is 0.00554. The van der Waals surface area contributed by atoms with E-state index < -0.39 is 5.97 Å². The average molecular weight is 287 g/mol. The number of aromatic nitrogens is 3. The van der Waals surface area contributed by atoms with Crippen molar-refractivity contribution in [3.8, 4) is 0 Å². The molecule has 110 valence electrons. The van der Waals surface area contributed by atoms with Gasteiger partial charge >= 0.3 is 5.97 Å². The van der Waals surface area contributed by atoms with Crippen LogP contribution >= 0.6 is 0 Å². The Labute approximate surface area is 122 Å². The standard InChI is InChI=1S/C15H17N3O3/c1-10-4-6-11(7-5-10)9-18-14(12-3-2-8-21-12)13(15(19)20)16-17-18/h4-7,12H,2-3,8-9H2,1H3,(H,19,20). The Morgan fingerprint density at radius 1 is 1.43 bits per heavy atom. The molecule has 1 atom stereocenters. The molecule has 0 aliphatic carbocycles. The Kier molecular flexibility index (Phi) is 3.70. The van der Waals surface area contributed by atoms with Crippen molar-refractivity contribution < 1.29 is 14.6 Å². The highest BCUT2D eigenvalue weighted by atomic mass is 16.5. The lowest BCUT2D eigenvalue weighted by atomic mass is 10.1. The van der Waals surface area contributed by atoms with E-state index in [4.69, 9.17) is 4.74 Å². The first-order chi connectivity index (χ1) is 10.1. The molecule has 3 rings (SSSR count). The normalized spacial score (nSPS) is 18.0. The maximum absolute atomic E-state index is 11.3. The molecular weight excluding hydrogens is 270 g/mol. The van der Waals surface area contributed by atoms with E-state index in [1.54, 1.807) is 4.68 Å². The molecular formula is C15H17N3O3. The van der Waals surface area contributed by atoms with Crippen LogP contribution in [0, 0.1) is 6.92 Å². The average Bonchev–Trinajstić information content (AvgIpc) is 3.10. The number of carboxylic acid groups (broad SMARTS) is 1. The minimum atomic E-state index is -1.06. The second-order valence-electron chi connectivity index (χ2n) is 5.27. The third kappa shape index (κ3) is 2.80. The number of ether oxygens (including phenoxy) is 1. The van der Waals surface area contributed by atoms with Gasteiger partial charge in [-0.2, -0.15) is 0 Å². The van der Waals surface area contributed by atoms with Gasteiger partial charge in [-0.3, -0.25) is 0 Å². The van der Waals surface area contributed by atoms with E-state index in [1.807, 2.05) is 31.2 Å². The highest BCUT2D eigenvalue weighted by Gasteiger charge is 2.29. The maximum Gasteiger partial charge on any atom is 0.358 e. The van der Waals surface area contributed by atoms with E-state index in [1.165, 1.54) is 5.56 Å². The number of hydrogen-bond donors (Lipinski definition) is 1. The largest absolute Gasteiger partial charge is 0.476 e. The quantitative estimate of drug-likeness (QED) is 0.932. The van der Waals surface area contributed by atoms with E-state index in [0.717, 1.165) is 18.4 Å². The van der Waals surface area contributed by atoms with Crippen molar-refractivity contribution in [1.82, 2.24) is 15.0 Å². The van der Waals surface area contributed by atoms with Crippen molar-refractivity contribution in [3.63, 3.8) is 0 Å². The van der Waals surface area contributed by atoms with Crippen LogP contribution in [0.15, 0.2) is 24.3 Å². The molecule has 1 aromatic carbocycles. The van der Waals surface area contributed by atoms with Gasteiger partial charge < -0.3 is 9.84 Å². The third-order valence-corrected chi connectivity index (χ3v) is 3.66. The van der Waals surface area contributed by atoms with Gasteiger partial charge in [0.15, 0.2) is 5.69 Å². The molecule has 0 bridgehead atoms. The molecule has 1 aliphatic rings. The monoisotopic (exact) mass is 287 g/mol. The molecule has 2 aromatic rings. The molecule has 0 saturated carbocycles. The lowest BCUT2D eigenvalue weighted by Gasteiger charge is -2.12. The molecule has 1 aromatic heterocycles. The summed E-state index contributed by atoms with van der Waals surface area (Å²) in [6.07, 6.45) is 1.51. The highest BCUT2D eigenvalue weighted by Crippen LogP contribution is 2.30. The van der Waals surface area contributed by atoms with Crippen molar-refractivity contribution in [2.75, 3.05) is 6.61 Å². The summed E-state index contributed by atoms with van der Waals surface area (Å²) in [5.74, 6) is -1.06. The molecule has 6 nitrogen and oxygen atoms in total. The first-order valence-corrected chi connectivity index (χ1v) is 6.99. The molecule has 6 heteroatoms. The SMILES string of the molecule is Cc1ccc(Cn2nnc(C(=O)O)c2C2CCCO2)cc1. The van der Waals surface area contributed by atoms with Crippen LogP contribution in [-0.4, -0.2) is 32.7 Å². The summed E-state index contributed by atoms with van der Waals surface area (Å²) in [4.78, 5) is 11.3. The van der Waals surface area contributed by atoms with Gasteiger partial charge in [0.1, 0.15) is 11.8 Å². The number of carbonyl (C=O) groups is 1. The van der Waals surface area contributed by atoms with E-state index in [9.17, 15) is 9.90 Å². The lowest BCUT2D eigenvalue weighted by molar-refractivity contribution is 0.0672. The molecule has 0 spiro atoms. The van der Waals surface area contributed by atoms with Crippen molar-refractivity contribution in [2.24, 2.45) is 0 Å². The zero-order valence-corrected chi connectivity index (χ0v) is 11.8. The number of aromatic carboxylic acids is 1. The van der Waals surface area contributed by atoms with Crippen LogP contribution in [0.3, 0.4) is 0 Å². The fourth-order valence-electron chi connectivity index (χ4n) is 2.57. The van der Waals surface area contributed by atoms with Crippen LogP contribution in [0.2, 0.25) is 0 Å². The molecule has 1 fully saturated rings. The van der Waals surface area contributed by atoms with Crippen molar-refractivity contribution >= 4 is 5.97 Å². The number of carboxylic acids is 1. The summed E-state index contributed by atoms with van der Waals surface area (Å²) in [7, 11) is 0. The smallest absolute Gasteiger partial charge is 0.358 e. The van der Waals surface area contributed by atoms with Gasteiger partial charge in [-0.15, -0.1) is 5.10 Å². The Morgan fingerprint density at radius 2 is 2.19 bits per heavy atom. The first kappa shape index (κ1) is 13.8. The van der Waals surface area contributed by atoms with Gasteiger partial charge in [0.25, 0.3) is 0 Å². The third-order valence-electron chi connectivity index (χ3n) is 3.66. The van der Waals surface area contributed by atoms with Crippen molar-refractivity contribution in [3.05, 3.63) is 46.8 Å². The second-order valence-corrected chi connectivity index (χ2v) is 5.27. The minimum Gasteiger partial charge on any atom is -0.476 e. The Bertz CT molecular complexity index is 643. The molecule has 1 aliphatic heterocycles. The van der Waals surface area contributed by atoms with E-state index in [-0.39, 0.29) is 11.8 Å². The summed E-state index contributed by atoms with van der Waals surface area (Å²) in [6.45, 7) is 3.18. The number of benzene rings is 1. The Morgan fingerprint density at radius 3 is 2.81 bits per heavy atom. The van der Waals surface area contributed by atoms with Crippen molar-refractivity contribution in [1.29, 1.82) is 0 Å². The summed E-state index contributed by atoms with van der Waals surface area (Å²) in [6, 6.07) is 8.07. The lowest BCUT2D eigenvalue weighted by Crippen LogP contribution is -2.13. The molecule has 2 heterocycles. The van der Waals surface area contributed by atoms with Crippen LogP contribution in [0.25, 0.3) is 0 Å². The van der Waals surface area contributed by atoms with Crippen LogP contribution < -0.4 is 0 Å². The van der Waals surface area contributed by atoms with Gasteiger partial charge in [-0.25, -0.2) is 9.48 Å². The molecule has 0 radical (unpaired) electrons. The number of hydrogen-bond acceptors (Lipinski definition) is 4. The van der Waals surface area contributed by atoms with Crippen LogP contribution in [0.5, 0.6) is 0 Å². The van der Waals surface area contributed by atoms with Gasteiger partial charge in [-0.1, -0.05) is 35.0 Å². The number of rotatable bonds is 4. The van der Waals surface area contributed by atoms with Gasteiger partial charge in [0.05, 0.1) is 6.54 Å². The Balaban J connectivity index is 1.94. The summed E-state index contributed by atoms with van der Waals surface area (Å²) in [5, 5.41) is 17.1. The first-order valence-electron chi connectivity index (χ1n) is 6.99. The second kappa shape index (κ2) is 5.65. The fourth-order valence-corrected chi connectivity index (χ4v) is 2.57. The van der Waals surface area contributed by atoms with Crippen molar-refractivity contribution in [2.45, 2.75) is 32.4 Å². The van der Waals surface area contributed by atoms with E-state index in [0.29, 0.717) is 18.8 Å². The molecule has 21 heavy (non-hydrogen) atoms. The van der Waals surface area contributed by atoms with Crippen LogP contribution in [0.1, 0.15) is 46.3 Å². The topological polar surface area (TPSA) is 77.2 Å². The van der Waals surface area contributed by atoms with Gasteiger partial charge in [0.2, 0.25) is 0 Å². The van der Waals surface area contributed by atoms with Gasteiger partial charge in [-0.05, 0) is 25.3 Å². The molecule has 1 saturated heterocycles. The Hall–Kier alpha value is -2.21. The fraction of sp³-hybridized carbons (Fsp3) is 0.400. The molecule has 1 N–H and O–H groups in total.